The van der Waals surface area contributed by atoms with Crippen molar-refractivity contribution in [1.29, 1.82) is 0 Å². The maximum Gasteiger partial charge on any atom is 0.344 e. The lowest BCUT2D eigenvalue weighted by Gasteiger charge is -2.26. The third kappa shape index (κ3) is 7.06. The van der Waals surface area contributed by atoms with Gasteiger partial charge in [-0.05, 0) is 37.5 Å². The maximum atomic E-state index is 11.7. The number of aliphatic hydroxyl groups excluding tert-OH is 3. The van der Waals surface area contributed by atoms with E-state index in [1.807, 2.05) is 0 Å². The second-order valence-corrected chi connectivity index (χ2v) is 7.37. The molecule has 1 aromatic heterocycles. The van der Waals surface area contributed by atoms with Gasteiger partial charge in [-0.15, -0.1) is 0 Å². The van der Waals surface area contributed by atoms with Crippen molar-refractivity contribution in [3.8, 4) is 5.75 Å². The number of aliphatic carboxylic acids is 1. The van der Waals surface area contributed by atoms with Crippen LogP contribution in [0, 0.1) is 6.92 Å². The van der Waals surface area contributed by atoms with Gasteiger partial charge in [-0.2, -0.15) is 0 Å². The zero-order chi connectivity index (χ0) is 23.1. The highest BCUT2D eigenvalue weighted by molar-refractivity contribution is 5.81. The zero-order valence-corrected chi connectivity index (χ0v) is 17.3. The third-order valence-electron chi connectivity index (χ3n) is 4.79. The van der Waals surface area contributed by atoms with E-state index in [0.29, 0.717) is 10.9 Å². The predicted octanol–water partition coefficient (Wildman–Crippen LogP) is 0.323. The number of nitrogens with one attached hydrogen (secondary N) is 1. The van der Waals surface area contributed by atoms with Crippen LogP contribution in [0.1, 0.15) is 31.7 Å². The molecule has 3 unspecified atom stereocenters. The van der Waals surface area contributed by atoms with E-state index in [-0.39, 0.29) is 30.6 Å². The topological polar surface area (TPSA) is 167 Å². The number of carbonyl (C=O) groups excluding carboxylic acids is 1. The number of hydrogen-bond acceptors (Lipinski definition) is 8. The smallest absolute Gasteiger partial charge is 0.344 e. The summed E-state index contributed by atoms with van der Waals surface area (Å²) in [7, 11) is 0. The fraction of sp³-hybridized carbons (Fsp3) is 0.476. The van der Waals surface area contributed by atoms with E-state index >= 15 is 0 Å². The SMILES string of the molecule is CC(=O)NC(CC[C@H](Oc1ccc2c(C)cc(=O)oc2c1)C(=O)O)C(O)CC(O)CO. The van der Waals surface area contributed by atoms with Crippen LogP contribution in [0.2, 0.25) is 0 Å². The highest BCUT2D eigenvalue weighted by Gasteiger charge is 2.27. The molecule has 0 fully saturated rings. The molecule has 2 aromatic rings. The van der Waals surface area contributed by atoms with Gasteiger partial charge in [0, 0.05) is 30.9 Å². The van der Waals surface area contributed by atoms with Crippen LogP contribution in [-0.4, -0.2) is 63.3 Å². The maximum absolute atomic E-state index is 11.7. The number of hydrogen-bond donors (Lipinski definition) is 5. The zero-order valence-electron chi connectivity index (χ0n) is 17.3. The molecule has 0 spiro atoms. The van der Waals surface area contributed by atoms with Crippen LogP contribution >= 0.6 is 0 Å². The van der Waals surface area contributed by atoms with E-state index in [1.165, 1.54) is 19.1 Å². The fourth-order valence-corrected chi connectivity index (χ4v) is 3.25. The van der Waals surface area contributed by atoms with E-state index in [0.717, 1.165) is 0 Å². The van der Waals surface area contributed by atoms with Gasteiger partial charge in [0.2, 0.25) is 5.91 Å². The molecule has 0 radical (unpaired) electrons. The number of carbonyl (C=O) groups is 2. The highest BCUT2D eigenvalue weighted by atomic mass is 16.5. The number of aliphatic hydroxyl groups is 3. The molecule has 0 bridgehead atoms. The van der Waals surface area contributed by atoms with Crippen molar-refractivity contribution < 1.29 is 39.2 Å². The van der Waals surface area contributed by atoms with Gasteiger partial charge in [0.1, 0.15) is 11.3 Å². The summed E-state index contributed by atoms with van der Waals surface area (Å²) in [5, 5.41) is 41.5. The summed E-state index contributed by atoms with van der Waals surface area (Å²) in [5.74, 6) is -1.51. The van der Waals surface area contributed by atoms with E-state index in [1.54, 1.807) is 19.1 Å². The minimum Gasteiger partial charge on any atom is -0.479 e. The number of aryl methyl sites for hydroxylation is 1. The van der Waals surface area contributed by atoms with Crippen LogP contribution in [0.4, 0.5) is 0 Å². The van der Waals surface area contributed by atoms with E-state index in [4.69, 9.17) is 14.3 Å². The molecule has 10 heteroatoms. The Morgan fingerprint density at radius 1 is 1.19 bits per heavy atom. The summed E-state index contributed by atoms with van der Waals surface area (Å²) < 4.78 is 10.7. The molecule has 2 rings (SSSR count). The average Bonchev–Trinajstić information content (AvgIpc) is 2.68. The molecule has 170 valence electrons. The third-order valence-corrected chi connectivity index (χ3v) is 4.79. The number of fused-ring (bicyclic) bond motifs is 1. The Labute approximate surface area is 178 Å². The van der Waals surface area contributed by atoms with Gasteiger partial charge in [0.05, 0.1) is 24.9 Å². The first-order valence-electron chi connectivity index (χ1n) is 9.78. The predicted molar refractivity (Wildman–Crippen MR) is 110 cm³/mol. The standard InChI is InChI=1S/C21H27NO9/c1-11-7-20(27)31-19-9-14(3-4-15(11)19)30-18(21(28)29)6-5-16(22-12(2)24)17(26)8-13(25)10-23/h3-4,7,9,13,16-18,23,25-26H,5-6,8,10H2,1-2H3,(H,22,24)(H,28,29)/t13?,16?,17?,18-/m0/s1. The molecule has 5 N–H and O–H groups in total. The van der Waals surface area contributed by atoms with Gasteiger partial charge < -0.3 is 34.9 Å². The number of benzene rings is 1. The lowest BCUT2D eigenvalue weighted by Crippen LogP contribution is -2.45. The number of rotatable bonds is 11. The van der Waals surface area contributed by atoms with E-state index in [9.17, 15) is 29.7 Å². The van der Waals surface area contributed by atoms with Crippen molar-refractivity contribution in [3.63, 3.8) is 0 Å². The lowest BCUT2D eigenvalue weighted by atomic mass is 9.98. The summed E-state index contributed by atoms with van der Waals surface area (Å²) in [5.41, 5.74) is 0.440. The number of carboxylic acids is 1. The normalized spacial score (nSPS) is 15.1. The van der Waals surface area contributed by atoms with Crippen LogP contribution < -0.4 is 15.7 Å². The van der Waals surface area contributed by atoms with Gasteiger partial charge in [-0.3, -0.25) is 4.79 Å². The van der Waals surface area contributed by atoms with Crippen LogP contribution in [-0.2, 0) is 9.59 Å². The van der Waals surface area contributed by atoms with Crippen LogP contribution in [0.5, 0.6) is 5.75 Å². The van der Waals surface area contributed by atoms with Gasteiger partial charge in [0.15, 0.2) is 6.10 Å². The molecular formula is C21H27NO9. The molecule has 0 aliphatic rings. The van der Waals surface area contributed by atoms with Crippen molar-refractivity contribution in [1.82, 2.24) is 5.32 Å². The molecule has 31 heavy (non-hydrogen) atoms. The molecule has 1 heterocycles. The Bertz CT molecular complexity index is 971. The summed E-state index contributed by atoms with van der Waals surface area (Å²) in [6.45, 7) is 2.45. The molecule has 0 aliphatic carbocycles. The van der Waals surface area contributed by atoms with Crippen LogP contribution in [0.25, 0.3) is 11.0 Å². The largest absolute Gasteiger partial charge is 0.479 e. The molecular weight excluding hydrogens is 410 g/mol. The number of carboxylic acid groups (broad SMARTS) is 1. The van der Waals surface area contributed by atoms with E-state index < -0.39 is 48.5 Å². The Kier molecular flexibility index (Phi) is 8.55. The first kappa shape index (κ1) is 24.3. The highest BCUT2D eigenvalue weighted by Crippen LogP contribution is 2.24. The number of ether oxygens (including phenoxy) is 1. The van der Waals surface area contributed by atoms with Gasteiger partial charge in [0.25, 0.3) is 0 Å². The van der Waals surface area contributed by atoms with Crippen molar-refractivity contribution in [2.75, 3.05) is 6.61 Å². The molecule has 1 aromatic carbocycles. The van der Waals surface area contributed by atoms with Gasteiger partial charge >= 0.3 is 11.6 Å². The molecule has 4 atom stereocenters. The minimum atomic E-state index is -1.31. The second kappa shape index (κ2) is 10.9. The van der Waals surface area contributed by atoms with Crippen molar-refractivity contribution in [3.05, 3.63) is 40.2 Å². The lowest BCUT2D eigenvalue weighted by molar-refractivity contribution is -0.145. The Hall–Kier alpha value is -2.95. The van der Waals surface area contributed by atoms with Gasteiger partial charge in [-0.1, -0.05) is 0 Å². The first-order valence-corrected chi connectivity index (χ1v) is 9.78. The molecule has 0 aliphatic heterocycles. The summed E-state index contributed by atoms with van der Waals surface area (Å²) in [6.07, 6.45) is -3.89. The molecule has 1 amide bonds. The van der Waals surface area contributed by atoms with E-state index in [2.05, 4.69) is 5.32 Å². The molecule has 0 saturated heterocycles. The Morgan fingerprint density at radius 2 is 1.90 bits per heavy atom. The van der Waals surface area contributed by atoms with Gasteiger partial charge in [-0.25, -0.2) is 9.59 Å². The van der Waals surface area contributed by atoms with Crippen molar-refractivity contribution >= 4 is 22.8 Å². The summed E-state index contributed by atoms with van der Waals surface area (Å²) in [6, 6.07) is 5.15. The monoisotopic (exact) mass is 437 g/mol. The number of amides is 1. The summed E-state index contributed by atoms with van der Waals surface area (Å²) >= 11 is 0. The average molecular weight is 437 g/mol. The molecule has 0 saturated carbocycles. The Morgan fingerprint density at radius 3 is 2.52 bits per heavy atom. The fourth-order valence-electron chi connectivity index (χ4n) is 3.25. The van der Waals surface area contributed by atoms with Crippen LogP contribution in [0.15, 0.2) is 33.5 Å². The Balaban J connectivity index is 2.14. The molecule has 10 nitrogen and oxygen atoms in total. The van der Waals surface area contributed by atoms with Crippen molar-refractivity contribution in [2.45, 2.75) is 57.5 Å². The first-order chi connectivity index (χ1) is 14.6. The summed E-state index contributed by atoms with van der Waals surface area (Å²) in [4.78, 5) is 34.7. The minimum absolute atomic E-state index is 0.0393. The van der Waals surface area contributed by atoms with Crippen molar-refractivity contribution in [2.24, 2.45) is 0 Å². The second-order valence-electron chi connectivity index (χ2n) is 7.37. The quantitative estimate of drug-likeness (QED) is 0.311. The van der Waals surface area contributed by atoms with Crippen LogP contribution in [0.3, 0.4) is 0 Å².